The SMILES string of the molecule is C=C/C=C\c1c(C)cccc1C.C=NC.c1cc2c(c(Cc3cccc4ccccc34)c1)-c1cc3c4ccccc4c4ccccc4c3cc1C2. The van der Waals surface area contributed by atoms with Crippen LogP contribution in [0, 0.1) is 13.8 Å². The van der Waals surface area contributed by atoms with Crippen molar-refractivity contribution < 1.29 is 0 Å². The molecule has 0 aliphatic heterocycles. The molecule has 0 amide bonds. The van der Waals surface area contributed by atoms with Crippen molar-refractivity contribution in [3.8, 4) is 11.1 Å². The van der Waals surface area contributed by atoms with E-state index in [1.165, 1.54) is 93.2 Å². The standard InChI is InChI=1S/C36H24.C12H14.C2H5N/c1-2-14-28-23(9-1)10-7-11-24(28)19-25-12-8-13-26-20-27-21-34-31-17-5-3-15-29(31)30-16-4-6-18-32(30)35(34)22-33(27)36(25)26;1-4-5-9-12-10(2)7-6-8-11(12)3;1-3-2/h1-18,21-22H,19-20H2;4-9H,1H2,2-3H3;1H2,2H3/b;9-5-;. The summed E-state index contributed by atoms with van der Waals surface area (Å²) in [7, 11) is 1.64. The molecule has 1 nitrogen and oxygen atoms in total. The summed E-state index contributed by atoms with van der Waals surface area (Å²) in [5.41, 5.74) is 12.5. The van der Waals surface area contributed by atoms with E-state index < -0.39 is 0 Å². The van der Waals surface area contributed by atoms with E-state index in [0.717, 1.165) is 12.8 Å². The number of hydrogen-bond donors (Lipinski definition) is 0. The minimum absolute atomic E-state index is 0.945. The predicted octanol–water partition coefficient (Wildman–Crippen LogP) is 13.3. The lowest BCUT2D eigenvalue weighted by Crippen LogP contribution is -1.94. The average Bonchev–Trinajstić information content (AvgIpc) is 3.53. The molecule has 51 heavy (non-hydrogen) atoms. The molecule has 0 heterocycles. The zero-order valence-corrected chi connectivity index (χ0v) is 29.8. The maximum absolute atomic E-state index is 3.65. The van der Waals surface area contributed by atoms with Gasteiger partial charge in [0.1, 0.15) is 0 Å². The Morgan fingerprint density at radius 3 is 1.73 bits per heavy atom. The second kappa shape index (κ2) is 14.8. The fourth-order valence-corrected chi connectivity index (χ4v) is 7.78. The molecular weight excluding hydrogens is 615 g/mol. The number of nitrogens with zero attached hydrogens (tertiary/aromatic N) is 1. The van der Waals surface area contributed by atoms with Crippen LogP contribution in [0.1, 0.15) is 38.9 Å². The van der Waals surface area contributed by atoms with E-state index in [-0.39, 0.29) is 0 Å². The second-order valence-corrected chi connectivity index (χ2v) is 13.3. The maximum atomic E-state index is 3.65. The highest BCUT2D eigenvalue weighted by atomic mass is 14.6. The van der Waals surface area contributed by atoms with Gasteiger partial charge in [0.25, 0.3) is 0 Å². The Bertz CT molecular complexity index is 2580. The van der Waals surface area contributed by atoms with Crippen molar-refractivity contribution in [2.75, 3.05) is 7.05 Å². The average molecular weight is 658 g/mol. The van der Waals surface area contributed by atoms with Crippen molar-refractivity contribution in [2.24, 2.45) is 4.99 Å². The summed E-state index contributed by atoms with van der Waals surface area (Å²) in [6.07, 6.45) is 7.81. The van der Waals surface area contributed by atoms with Crippen LogP contribution in [-0.4, -0.2) is 13.8 Å². The van der Waals surface area contributed by atoms with Gasteiger partial charge in [-0.3, -0.25) is 0 Å². The van der Waals surface area contributed by atoms with Crippen LogP contribution in [0.5, 0.6) is 0 Å². The first-order valence-electron chi connectivity index (χ1n) is 17.7. The van der Waals surface area contributed by atoms with Gasteiger partial charge in [0.05, 0.1) is 0 Å². The number of fused-ring (bicyclic) bond motifs is 10. The Kier molecular flexibility index (Phi) is 9.72. The Balaban J connectivity index is 0.000000229. The van der Waals surface area contributed by atoms with Crippen molar-refractivity contribution in [2.45, 2.75) is 26.7 Å². The maximum Gasteiger partial charge on any atom is 0.0269 e. The molecule has 8 aromatic carbocycles. The van der Waals surface area contributed by atoms with Crippen molar-refractivity contribution >= 4 is 55.9 Å². The lowest BCUT2D eigenvalue weighted by atomic mass is 9.89. The molecule has 0 unspecified atom stereocenters. The van der Waals surface area contributed by atoms with Gasteiger partial charge in [-0.05, 0) is 139 Å². The molecular formula is C50H43N. The Morgan fingerprint density at radius 2 is 1.08 bits per heavy atom. The molecule has 1 aliphatic carbocycles. The van der Waals surface area contributed by atoms with E-state index in [9.17, 15) is 0 Å². The molecule has 0 saturated heterocycles. The van der Waals surface area contributed by atoms with Gasteiger partial charge >= 0.3 is 0 Å². The van der Waals surface area contributed by atoms with Gasteiger partial charge in [-0.2, -0.15) is 0 Å². The summed E-state index contributed by atoms with van der Waals surface area (Å²) in [6.45, 7) is 11.0. The summed E-state index contributed by atoms with van der Waals surface area (Å²) < 4.78 is 0. The molecule has 8 aromatic rings. The molecule has 0 saturated carbocycles. The zero-order chi connectivity index (χ0) is 35.3. The first kappa shape index (κ1) is 33.4. The Hall–Kier alpha value is -6.05. The Morgan fingerprint density at radius 1 is 0.569 bits per heavy atom. The summed E-state index contributed by atoms with van der Waals surface area (Å²) in [4.78, 5) is 3.25. The quantitative estimate of drug-likeness (QED) is 0.101. The fraction of sp³-hybridized carbons (Fsp3) is 0.100. The number of benzene rings is 8. The van der Waals surface area contributed by atoms with Gasteiger partial charge < -0.3 is 4.99 Å². The molecule has 1 heteroatoms. The fourth-order valence-electron chi connectivity index (χ4n) is 7.78. The van der Waals surface area contributed by atoms with E-state index >= 15 is 0 Å². The van der Waals surface area contributed by atoms with Gasteiger partial charge in [-0.1, -0.05) is 152 Å². The number of aryl methyl sites for hydroxylation is 2. The van der Waals surface area contributed by atoms with Gasteiger partial charge in [0.15, 0.2) is 0 Å². The smallest absolute Gasteiger partial charge is 0.0269 e. The van der Waals surface area contributed by atoms with Crippen LogP contribution in [0.3, 0.4) is 0 Å². The molecule has 0 spiro atoms. The topological polar surface area (TPSA) is 12.4 Å². The molecule has 0 aromatic heterocycles. The van der Waals surface area contributed by atoms with Crippen LogP contribution in [-0.2, 0) is 12.8 Å². The van der Waals surface area contributed by atoms with Crippen LogP contribution >= 0.6 is 0 Å². The van der Waals surface area contributed by atoms with Crippen molar-refractivity contribution in [3.05, 3.63) is 197 Å². The third kappa shape index (κ3) is 6.52. The lowest BCUT2D eigenvalue weighted by Gasteiger charge is -2.14. The number of aliphatic imine (C=N–C) groups is 1. The van der Waals surface area contributed by atoms with Crippen LogP contribution in [0.4, 0.5) is 0 Å². The van der Waals surface area contributed by atoms with E-state index in [2.05, 4.69) is 178 Å². The van der Waals surface area contributed by atoms with Crippen LogP contribution in [0.2, 0.25) is 0 Å². The summed E-state index contributed by atoms with van der Waals surface area (Å²) in [5, 5.41) is 10.8. The van der Waals surface area contributed by atoms with Gasteiger partial charge in [-0.15, -0.1) is 0 Å². The highest BCUT2D eigenvalue weighted by Gasteiger charge is 2.23. The molecule has 1 aliphatic rings. The van der Waals surface area contributed by atoms with Crippen molar-refractivity contribution in [3.63, 3.8) is 0 Å². The predicted molar refractivity (Wildman–Crippen MR) is 225 cm³/mol. The number of allylic oxidation sites excluding steroid dienone is 2. The zero-order valence-electron chi connectivity index (χ0n) is 29.8. The molecule has 0 atom stereocenters. The largest absolute Gasteiger partial charge is 0.304 e. The van der Waals surface area contributed by atoms with Crippen molar-refractivity contribution in [1.82, 2.24) is 0 Å². The van der Waals surface area contributed by atoms with Crippen LogP contribution < -0.4 is 0 Å². The third-order valence-corrected chi connectivity index (χ3v) is 10.1. The number of rotatable bonds is 4. The van der Waals surface area contributed by atoms with Crippen LogP contribution in [0.15, 0.2) is 163 Å². The first-order chi connectivity index (χ1) is 25.0. The minimum atomic E-state index is 0.945. The second-order valence-electron chi connectivity index (χ2n) is 13.3. The highest BCUT2D eigenvalue weighted by Crippen LogP contribution is 2.45. The molecule has 0 bridgehead atoms. The highest BCUT2D eigenvalue weighted by molar-refractivity contribution is 6.26. The molecule has 0 N–H and O–H groups in total. The summed E-state index contributed by atoms with van der Waals surface area (Å²) in [6, 6.07) is 51.4. The Labute approximate surface area is 302 Å². The summed E-state index contributed by atoms with van der Waals surface area (Å²) >= 11 is 0. The van der Waals surface area contributed by atoms with E-state index in [1.54, 1.807) is 13.1 Å². The minimum Gasteiger partial charge on any atom is -0.304 e. The van der Waals surface area contributed by atoms with E-state index in [0.29, 0.717) is 0 Å². The normalized spacial score (nSPS) is 11.5. The number of hydrogen-bond acceptors (Lipinski definition) is 1. The molecule has 0 radical (unpaired) electrons. The van der Waals surface area contributed by atoms with Gasteiger partial charge in [0, 0.05) is 7.05 Å². The molecule has 0 fully saturated rings. The van der Waals surface area contributed by atoms with Gasteiger partial charge in [-0.25, -0.2) is 0 Å². The molecule has 9 rings (SSSR count). The summed E-state index contributed by atoms with van der Waals surface area (Å²) in [5.74, 6) is 0. The van der Waals surface area contributed by atoms with Gasteiger partial charge in [0.2, 0.25) is 0 Å². The third-order valence-electron chi connectivity index (χ3n) is 10.1. The van der Waals surface area contributed by atoms with E-state index in [4.69, 9.17) is 0 Å². The lowest BCUT2D eigenvalue weighted by molar-refractivity contribution is 1.20. The van der Waals surface area contributed by atoms with Crippen LogP contribution in [0.25, 0.3) is 60.3 Å². The first-order valence-corrected chi connectivity index (χ1v) is 17.7. The monoisotopic (exact) mass is 657 g/mol. The van der Waals surface area contributed by atoms with Crippen molar-refractivity contribution in [1.29, 1.82) is 0 Å². The van der Waals surface area contributed by atoms with E-state index in [1.807, 2.05) is 6.08 Å². The molecule has 248 valence electrons.